The molecule has 0 saturated heterocycles. The Kier molecular flexibility index (Phi) is 6.57. The minimum absolute atomic E-state index is 0.103. The first-order chi connectivity index (χ1) is 13.5. The van der Waals surface area contributed by atoms with E-state index >= 15 is 0 Å². The molecule has 0 radical (unpaired) electrons. The van der Waals surface area contributed by atoms with Gasteiger partial charge in [-0.05, 0) is 38.0 Å². The number of hydrogen-bond donors (Lipinski definition) is 2. The lowest BCUT2D eigenvalue weighted by atomic mass is 10.1. The fourth-order valence-corrected chi connectivity index (χ4v) is 3.46. The Morgan fingerprint density at radius 1 is 1.39 bits per heavy atom. The second kappa shape index (κ2) is 9.10. The van der Waals surface area contributed by atoms with Crippen molar-refractivity contribution in [1.29, 1.82) is 0 Å². The number of benzene rings is 1. The maximum absolute atomic E-state index is 12.7. The van der Waals surface area contributed by atoms with Crippen LogP contribution in [0.5, 0.6) is 5.75 Å². The van der Waals surface area contributed by atoms with Gasteiger partial charge in [0.05, 0.1) is 24.9 Å². The average Bonchev–Trinajstić information content (AvgIpc) is 3.09. The molecule has 28 heavy (non-hydrogen) atoms. The van der Waals surface area contributed by atoms with Gasteiger partial charge in [-0.3, -0.25) is 4.68 Å². The summed E-state index contributed by atoms with van der Waals surface area (Å²) in [4.78, 5) is 14.4. The third-order valence-electron chi connectivity index (χ3n) is 5.21. The molecule has 7 nitrogen and oxygen atoms in total. The van der Waals surface area contributed by atoms with Gasteiger partial charge in [-0.15, -0.1) is 0 Å². The summed E-state index contributed by atoms with van der Waals surface area (Å²) in [6, 6.07) is 7.72. The molecule has 2 aromatic rings. The summed E-state index contributed by atoms with van der Waals surface area (Å²) in [6.45, 7) is 8.40. The Bertz CT molecular complexity index is 818. The molecule has 152 valence electrons. The molecule has 0 bridgehead atoms. The first-order valence-corrected chi connectivity index (χ1v) is 10.0. The lowest BCUT2D eigenvalue weighted by molar-refractivity contribution is 0.190. The second-order valence-corrected chi connectivity index (χ2v) is 7.16. The lowest BCUT2D eigenvalue weighted by Gasteiger charge is -2.28. The Balaban J connectivity index is 1.60. The first-order valence-electron chi connectivity index (χ1n) is 10.0. The second-order valence-electron chi connectivity index (χ2n) is 7.16. The molecule has 1 atom stereocenters. The Morgan fingerprint density at radius 2 is 2.21 bits per heavy atom. The van der Waals surface area contributed by atoms with E-state index in [-0.39, 0.29) is 18.7 Å². The molecule has 1 aromatic carbocycles. The molecule has 0 aliphatic carbocycles. The molecule has 0 spiro atoms. The van der Waals surface area contributed by atoms with E-state index in [2.05, 4.69) is 17.3 Å². The fourth-order valence-electron chi connectivity index (χ4n) is 3.46. The van der Waals surface area contributed by atoms with Crippen molar-refractivity contribution in [2.45, 2.75) is 66.0 Å². The van der Waals surface area contributed by atoms with Gasteiger partial charge in [-0.25, -0.2) is 4.79 Å². The summed E-state index contributed by atoms with van der Waals surface area (Å²) in [6.07, 6.45) is 1.86. The Morgan fingerprint density at radius 3 is 2.93 bits per heavy atom. The molecule has 1 aliphatic heterocycles. The number of carbonyl (C=O) groups is 1. The lowest BCUT2D eigenvalue weighted by Crippen LogP contribution is -2.42. The number of carbonyl (C=O) groups excluding carboxylic acids is 1. The van der Waals surface area contributed by atoms with Gasteiger partial charge in [0.1, 0.15) is 5.75 Å². The minimum Gasteiger partial charge on any atom is -0.491 e. The highest BCUT2D eigenvalue weighted by Crippen LogP contribution is 2.23. The van der Waals surface area contributed by atoms with Crippen LogP contribution in [0, 0.1) is 0 Å². The molecule has 2 N–H and O–H groups in total. The number of aromatic nitrogens is 2. The Labute approximate surface area is 166 Å². The molecular formula is C21H30N4O3. The van der Waals surface area contributed by atoms with E-state index in [4.69, 9.17) is 4.74 Å². The first kappa shape index (κ1) is 20.2. The van der Waals surface area contributed by atoms with E-state index < -0.39 is 0 Å². The Hall–Kier alpha value is -2.54. The van der Waals surface area contributed by atoms with E-state index in [1.54, 1.807) is 4.90 Å². The van der Waals surface area contributed by atoms with Crippen molar-refractivity contribution < 1.29 is 14.6 Å². The van der Waals surface area contributed by atoms with Gasteiger partial charge in [0.15, 0.2) is 0 Å². The molecule has 1 aromatic heterocycles. The number of aliphatic hydroxyl groups excluding tert-OH is 1. The van der Waals surface area contributed by atoms with E-state index in [9.17, 15) is 9.90 Å². The van der Waals surface area contributed by atoms with Crippen LogP contribution in [0.1, 0.15) is 49.7 Å². The highest BCUT2D eigenvalue weighted by Gasteiger charge is 2.26. The fraction of sp³-hybridized carbons (Fsp3) is 0.524. The monoisotopic (exact) mass is 386 g/mol. The standard InChI is InChI=1S/C21H30N4O3/c1-4-15(3)28-17-8-6-7-16(11-17)12-22-21(27)24-10-9-20-18(13-24)19(14-26)23-25(20)5-2/h6-8,11,15,26H,4-5,9-10,12-14H2,1-3H3,(H,22,27)/t15-/m0/s1. The highest BCUT2D eigenvalue weighted by atomic mass is 16.5. The molecule has 3 rings (SSSR count). The number of ether oxygens (including phenoxy) is 1. The van der Waals surface area contributed by atoms with Crippen molar-refractivity contribution >= 4 is 6.03 Å². The zero-order valence-electron chi connectivity index (χ0n) is 16.9. The van der Waals surface area contributed by atoms with Crippen LogP contribution < -0.4 is 10.1 Å². The third kappa shape index (κ3) is 4.47. The van der Waals surface area contributed by atoms with Crippen molar-refractivity contribution in [2.24, 2.45) is 0 Å². The van der Waals surface area contributed by atoms with Crippen LogP contribution in [0.15, 0.2) is 24.3 Å². The molecule has 7 heteroatoms. The molecule has 0 saturated carbocycles. The summed E-state index contributed by atoms with van der Waals surface area (Å²) < 4.78 is 7.78. The zero-order valence-corrected chi connectivity index (χ0v) is 16.9. The number of amides is 2. The molecule has 2 amide bonds. The average molecular weight is 386 g/mol. The largest absolute Gasteiger partial charge is 0.491 e. The van der Waals surface area contributed by atoms with Crippen molar-refractivity contribution in [3.8, 4) is 5.75 Å². The van der Waals surface area contributed by atoms with Crippen LogP contribution in [-0.2, 0) is 32.7 Å². The van der Waals surface area contributed by atoms with Gasteiger partial charge in [0, 0.05) is 37.3 Å². The van der Waals surface area contributed by atoms with Crippen LogP contribution >= 0.6 is 0 Å². The normalized spacial score (nSPS) is 14.5. The van der Waals surface area contributed by atoms with E-state index in [1.165, 1.54) is 0 Å². The van der Waals surface area contributed by atoms with Gasteiger partial charge < -0.3 is 20.1 Å². The molecule has 0 fully saturated rings. The minimum atomic E-state index is -0.105. The number of nitrogens with one attached hydrogen (secondary N) is 1. The number of aryl methyl sites for hydroxylation is 1. The van der Waals surface area contributed by atoms with Crippen molar-refractivity contribution in [3.05, 3.63) is 46.8 Å². The van der Waals surface area contributed by atoms with Gasteiger partial charge in [0.2, 0.25) is 0 Å². The van der Waals surface area contributed by atoms with E-state index in [0.717, 1.165) is 42.0 Å². The van der Waals surface area contributed by atoms with Crippen LogP contribution in [0.4, 0.5) is 4.79 Å². The zero-order chi connectivity index (χ0) is 20.1. The van der Waals surface area contributed by atoms with Crippen molar-refractivity contribution in [3.63, 3.8) is 0 Å². The third-order valence-corrected chi connectivity index (χ3v) is 5.21. The number of rotatable bonds is 7. The van der Waals surface area contributed by atoms with Crippen LogP contribution in [-0.4, -0.2) is 38.5 Å². The van der Waals surface area contributed by atoms with Gasteiger partial charge in [-0.2, -0.15) is 5.10 Å². The SMILES string of the molecule is CC[C@H](C)Oc1cccc(CNC(=O)N2CCc3c(c(CO)nn3CC)C2)c1. The van der Waals surface area contributed by atoms with Gasteiger partial charge in [0.25, 0.3) is 0 Å². The number of fused-ring (bicyclic) bond motifs is 1. The predicted octanol–water partition coefficient (Wildman–Crippen LogP) is 2.84. The summed E-state index contributed by atoms with van der Waals surface area (Å²) in [5.41, 5.74) is 3.78. The predicted molar refractivity (Wildman–Crippen MR) is 107 cm³/mol. The van der Waals surface area contributed by atoms with E-state index in [0.29, 0.717) is 25.3 Å². The molecule has 0 unspecified atom stereocenters. The van der Waals surface area contributed by atoms with Crippen molar-refractivity contribution in [1.82, 2.24) is 20.0 Å². The number of nitrogens with zero attached hydrogens (tertiary/aromatic N) is 3. The number of hydrogen-bond acceptors (Lipinski definition) is 4. The number of urea groups is 1. The summed E-state index contributed by atoms with van der Waals surface area (Å²) >= 11 is 0. The van der Waals surface area contributed by atoms with Crippen LogP contribution in [0.3, 0.4) is 0 Å². The highest BCUT2D eigenvalue weighted by molar-refractivity contribution is 5.74. The van der Waals surface area contributed by atoms with Gasteiger partial charge in [-0.1, -0.05) is 19.1 Å². The van der Waals surface area contributed by atoms with Gasteiger partial charge >= 0.3 is 6.03 Å². The summed E-state index contributed by atoms with van der Waals surface area (Å²) in [5.74, 6) is 0.822. The van der Waals surface area contributed by atoms with E-state index in [1.807, 2.05) is 42.8 Å². The molecule has 1 aliphatic rings. The van der Waals surface area contributed by atoms with Crippen LogP contribution in [0.25, 0.3) is 0 Å². The molecule has 2 heterocycles. The quantitative estimate of drug-likeness (QED) is 0.767. The summed E-state index contributed by atoms with van der Waals surface area (Å²) in [7, 11) is 0. The summed E-state index contributed by atoms with van der Waals surface area (Å²) in [5, 5.41) is 17.0. The number of aliphatic hydroxyl groups is 1. The van der Waals surface area contributed by atoms with Crippen molar-refractivity contribution in [2.75, 3.05) is 6.54 Å². The van der Waals surface area contributed by atoms with Crippen LogP contribution in [0.2, 0.25) is 0 Å². The molecular weight excluding hydrogens is 356 g/mol. The smallest absolute Gasteiger partial charge is 0.317 e. The maximum atomic E-state index is 12.7. The topological polar surface area (TPSA) is 79.6 Å². The maximum Gasteiger partial charge on any atom is 0.317 e.